The van der Waals surface area contributed by atoms with Gasteiger partial charge in [0.05, 0.1) is 88.2 Å². The molecule has 0 bridgehead atoms. The molecule has 8 fully saturated rings. The lowest BCUT2D eigenvalue weighted by Gasteiger charge is -2.33. The van der Waals surface area contributed by atoms with Gasteiger partial charge in [-0.3, -0.25) is 24.0 Å². The molecule has 0 aromatic carbocycles. The zero-order valence-electron chi connectivity index (χ0n) is 74.1. The van der Waals surface area contributed by atoms with Gasteiger partial charge in [-0.05, 0) is 239 Å². The van der Waals surface area contributed by atoms with E-state index in [1.807, 2.05) is 48.5 Å². The molecule has 5 aromatic rings. The van der Waals surface area contributed by atoms with Crippen LogP contribution in [0.4, 0.5) is 35.6 Å². The Kier molecular flexibility index (Phi) is 36.2. The van der Waals surface area contributed by atoms with E-state index in [4.69, 9.17) is 42.9 Å². The van der Waals surface area contributed by atoms with Gasteiger partial charge in [0.1, 0.15) is 5.82 Å². The monoisotopic (exact) mass is 1680 g/mol. The van der Waals surface area contributed by atoms with Gasteiger partial charge >= 0.3 is 0 Å². The number of anilines is 6. The summed E-state index contributed by atoms with van der Waals surface area (Å²) in [5.41, 5.74) is 31.3. The fourth-order valence-corrected chi connectivity index (χ4v) is 17.2. The van der Waals surface area contributed by atoms with E-state index >= 15 is 0 Å². The molecule has 121 heavy (non-hydrogen) atoms. The lowest BCUT2D eigenvalue weighted by molar-refractivity contribution is 0.0208. The van der Waals surface area contributed by atoms with E-state index in [1.54, 1.807) is 12.4 Å². The number of amides is 5. The van der Waals surface area contributed by atoms with Crippen molar-refractivity contribution in [2.24, 2.45) is 80.4 Å². The summed E-state index contributed by atoms with van der Waals surface area (Å²) in [5.74, 6) is 4.66. The molecule has 32 heteroatoms. The maximum atomic E-state index is 11.8. The SMILES string of the molecule is CC1CCC(Nc2ncc(C(N)=O)c(CC(C)(C)CO)n2)CC1.CCC1CCC(Nc2ncc(C(N)=O)c(CC(C)(C)CO)n2)CC1.CCOC1CCC(Nc2ncc(C(N)=O)c(CC(C)(C)C3CC3)n2)CC1.CCOC1CCC(Nc2ncc(C(N)=O)c(CC3CC(C)C3)n2)CC1.C[C@@H]1CC[C@@H](Nc2nc(NC3COC3)ncc2C(N)=O)C[C@H]1O. The Morgan fingerprint density at radius 1 is 0.413 bits per heavy atom. The highest BCUT2D eigenvalue weighted by atomic mass is 16.5. The van der Waals surface area contributed by atoms with Crippen molar-refractivity contribution in [3.05, 3.63) is 81.6 Å². The van der Waals surface area contributed by atoms with Crippen LogP contribution >= 0.6 is 0 Å². The van der Waals surface area contributed by atoms with E-state index in [9.17, 15) is 39.3 Å². The van der Waals surface area contributed by atoms with Gasteiger partial charge in [-0.1, -0.05) is 75.7 Å². The van der Waals surface area contributed by atoms with Crippen LogP contribution in [0, 0.1) is 51.8 Å². The molecule has 7 aliphatic carbocycles. The summed E-state index contributed by atoms with van der Waals surface area (Å²) in [7, 11) is 0. The Hall–Kier alpha value is -8.69. The summed E-state index contributed by atoms with van der Waals surface area (Å²) in [6, 6.07) is 1.74. The molecule has 670 valence electrons. The number of hydrogen-bond acceptors (Lipinski definition) is 27. The third-order valence-corrected chi connectivity index (χ3v) is 25.4. The molecule has 1 saturated heterocycles. The van der Waals surface area contributed by atoms with Crippen LogP contribution in [0.15, 0.2) is 31.0 Å². The van der Waals surface area contributed by atoms with Crippen molar-refractivity contribution >= 4 is 65.1 Å². The van der Waals surface area contributed by atoms with Gasteiger partial charge in [0.15, 0.2) is 0 Å². The van der Waals surface area contributed by atoms with Crippen molar-refractivity contribution in [3.8, 4) is 0 Å². The average molecular weight is 1680 g/mol. The highest BCUT2D eigenvalue weighted by Gasteiger charge is 2.40. The summed E-state index contributed by atoms with van der Waals surface area (Å²) in [6.07, 6.45) is 37.0. The molecule has 5 amide bonds. The molecule has 0 unspecified atom stereocenters. The molecule has 5 aromatic heterocycles. The van der Waals surface area contributed by atoms with Crippen molar-refractivity contribution < 1.29 is 53.5 Å². The van der Waals surface area contributed by atoms with Crippen LogP contribution in [-0.2, 0) is 39.9 Å². The molecular formula is C89H143N21O11. The molecule has 7 saturated carbocycles. The van der Waals surface area contributed by atoms with Crippen LogP contribution in [0.1, 0.15) is 312 Å². The first-order chi connectivity index (χ1) is 57.6. The summed E-state index contributed by atoms with van der Waals surface area (Å²) in [4.78, 5) is 102. The standard InChI is InChI=1S/C20H32N4O2.C19H30N4O2.C18H30N4O2.C17H28N4O2.C15H23N5O3/c1-4-26-15-9-7-14(8-10-15)23-19-22-12-16(18(21)25)17(24-19)11-20(2,3)13-5-6-13;1-3-25-15-6-4-14(5-7-15)22-19-21-11-16(18(20)24)17(23-19)10-13-8-12(2)9-13;1-4-12-5-7-13(8-6-12)21-17-20-10-14(16(19)24)15(22-17)9-18(2,3)11-23;1-11-4-6-12(7-5-11)20-16-19-9-13(15(18)23)14(21-16)8-17(2,3)10-22;1-8-2-3-9(4-12(8)21)18-14-11(13(16)22)5-17-15(20-14)19-10-6-23-7-10/h12-15H,4-11H2,1-3H3,(H2,21,25)(H,22,23,24);11-15H,3-10H2,1-2H3,(H2,20,24)(H,21,22,23);10,12-13,23H,4-9,11H2,1-3H3,(H2,19,24)(H,20,21,22);9,11-12,22H,4-8,10H2,1-3H3,(H2,18,23)(H,19,20,21);5,8-10,12,21H,2-4,6-7H2,1H3,(H2,16,22)(H2,17,18,19,20)/t;;;;8-,9-,12-/m....1/s1. The van der Waals surface area contributed by atoms with Gasteiger partial charge in [0, 0.05) is 87.6 Å². The normalized spacial score (nSPS) is 24.8. The third kappa shape index (κ3) is 30.4. The van der Waals surface area contributed by atoms with Crippen LogP contribution in [0.3, 0.4) is 0 Å². The number of rotatable bonds is 33. The largest absolute Gasteiger partial charge is 0.396 e. The Labute approximate surface area is 716 Å². The predicted octanol–water partition coefficient (Wildman–Crippen LogP) is 11.2. The number of nitrogens with one attached hydrogen (secondary N) is 6. The summed E-state index contributed by atoms with van der Waals surface area (Å²) in [6.45, 7) is 28.0. The molecular weight excluding hydrogens is 1540 g/mol. The van der Waals surface area contributed by atoms with Gasteiger partial charge in [0.2, 0.25) is 29.7 Å². The second kappa shape index (κ2) is 45.6. The summed E-state index contributed by atoms with van der Waals surface area (Å²) < 4.78 is 16.5. The van der Waals surface area contributed by atoms with Crippen LogP contribution in [0.5, 0.6) is 0 Å². The molecule has 6 heterocycles. The predicted molar refractivity (Wildman–Crippen MR) is 470 cm³/mol. The molecule has 8 aliphatic rings. The number of hydrogen-bond donors (Lipinski definition) is 14. The quantitative estimate of drug-likeness (QED) is 0.0185. The lowest BCUT2D eigenvalue weighted by Crippen LogP contribution is -2.41. The van der Waals surface area contributed by atoms with Crippen molar-refractivity contribution in [3.63, 3.8) is 0 Å². The minimum Gasteiger partial charge on any atom is -0.396 e. The number of nitrogens with zero attached hydrogens (tertiary/aromatic N) is 10. The van der Waals surface area contributed by atoms with E-state index in [-0.39, 0.29) is 53.2 Å². The number of nitrogens with two attached hydrogens (primary N) is 5. The average Bonchev–Trinajstić information content (AvgIpc) is 1.62. The van der Waals surface area contributed by atoms with Crippen molar-refractivity contribution in [2.75, 3.05) is 71.5 Å². The smallest absolute Gasteiger partial charge is 0.254 e. The lowest BCUT2D eigenvalue weighted by atomic mass is 9.73. The fraction of sp³-hybridized carbons (Fsp3) is 0.719. The molecule has 32 nitrogen and oxygen atoms in total. The molecule has 13 rings (SSSR count). The van der Waals surface area contributed by atoms with E-state index in [0.29, 0.717) is 156 Å². The minimum absolute atomic E-state index is 0.0124. The van der Waals surface area contributed by atoms with Crippen molar-refractivity contribution in [2.45, 2.75) is 317 Å². The summed E-state index contributed by atoms with van der Waals surface area (Å²) >= 11 is 0. The molecule has 19 N–H and O–H groups in total. The Morgan fingerprint density at radius 3 is 1.12 bits per heavy atom. The fourth-order valence-electron chi connectivity index (χ4n) is 17.2. The maximum Gasteiger partial charge on any atom is 0.254 e. The number of aliphatic hydroxyl groups is 3. The number of carbonyl (C=O) groups excluding carboxylic acids is 5. The second-order valence-electron chi connectivity index (χ2n) is 37.7. The van der Waals surface area contributed by atoms with Gasteiger partial charge in [-0.25, -0.2) is 44.9 Å². The first-order valence-corrected chi connectivity index (χ1v) is 44.7. The molecule has 0 radical (unpaired) electrons. The maximum absolute atomic E-state index is 11.8. The zero-order valence-corrected chi connectivity index (χ0v) is 74.1. The number of primary amides is 5. The second-order valence-corrected chi connectivity index (χ2v) is 37.7. The Balaban J connectivity index is 0.000000172. The van der Waals surface area contributed by atoms with Gasteiger partial charge in [0.25, 0.3) is 29.5 Å². The van der Waals surface area contributed by atoms with Crippen LogP contribution < -0.4 is 60.6 Å². The minimum atomic E-state index is -0.573. The number of aliphatic hydroxyl groups excluding tert-OH is 3. The van der Waals surface area contributed by atoms with Crippen molar-refractivity contribution in [1.82, 2.24) is 49.8 Å². The zero-order chi connectivity index (χ0) is 87.7. The highest BCUT2D eigenvalue weighted by molar-refractivity contribution is 5.98. The van der Waals surface area contributed by atoms with Gasteiger partial charge in [-0.15, -0.1) is 0 Å². The number of carbonyl (C=O) groups is 5. The summed E-state index contributed by atoms with van der Waals surface area (Å²) in [5, 5.41) is 49.0. The van der Waals surface area contributed by atoms with E-state index < -0.39 is 29.5 Å². The van der Waals surface area contributed by atoms with E-state index in [1.165, 1.54) is 76.4 Å². The third-order valence-electron chi connectivity index (χ3n) is 25.4. The first kappa shape index (κ1) is 96.1. The van der Waals surface area contributed by atoms with E-state index in [2.05, 4.69) is 116 Å². The van der Waals surface area contributed by atoms with Crippen LogP contribution in [0.25, 0.3) is 0 Å². The Bertz CT molecular complexity index is 4130. The molecule has 0 spiro atoms. The number of aromatic nitrogens is 10. The van der Waals surface area contributed by atoms with Gasteiger partial charge in [-0.2, -0.15) is 4.98 Å². The molecule has 3 atom stereocenters. The highest BCUT2D eigenvalue weighted by Crippen LogP contribution is 2.47. The molecule has 1 aliphatic heterocycles. The number of ether oxygens (including phenoxy) is 3. The van der Waals surface area contributed by atoms with Gasteiger partial charge < -0.3 is 90.1 Å². The first-order valence-electron chi connectivity index (χ1n) is 44.7. The van der Waals surface area contributed by atoms with Crippen LogP contribution in [0.2, 0.25) is 0 Å². The Morgan fingerprint density at radius 2 is 0.769 bits per heavy atom. The van der Waals surface area contributed by atoms with Crippen LogP contribution in [-0.4, -0.2) is 189 Å². The van der Waals surface area contributed by atoms with E-state index in [0.717, 1.165) is 145 Å². The topological polar surface area (TPSA) is 505 Å². The van der Waals surface area contributed by atoms with Crippen molar-refractivity contribution in [1.29, 1.82) is 0 Å².